The van der Waals surface area contributed by atoms with E-state index in [1.807, 2.05) is 27.7 Å². The van der Waals surface area contributed by atoms with Crippen molar-refractivity contribution >= 4 is 0 Å². The van der Waals surface area contributed by atoms with Gasteiger partial charge >= 0.3 is 0 Å². The quantitative estimate of drug-likeness (QED) is 0.571. The lowest BCUT2D eigenvalue weighted by atomic mass is 10.2. The molecule has 0 saturated carbocycles. The maximum atomic E-state index is 14.0. The lowest BCUT2D eigenvalue weighted by molar-refractivity contribution is 0.0142. The fourth-order valence-corrected chi connectivity index (χ4v) is 1.90. The van der Waals surface area contributed by atoms with Gasteiger partial charge in [-0.1, -0.05) is 19.9 Å². The molecule has 1 aromatic carbocycles. The van der Waals surface area contributed by atoms with Crippen LogP contribution < -0.4 is 10.1 Å². The van der Waals surface area contributed by atoms with Gasteiger partial charge in [0.2, 0.25) is 0 Å². The Hall–Kier alpha value is -1.21. The van der Waals surface area contributed by atoms with Gasteiger partial charge in [-0.3, -0.25) is 0 Å². The Bertz CT molecular complexity index is 468. The summed E-state index contributed by atoms with van der Waals surface area (Å²) in [4.78, 5) is 0. The third-order valence-corrected chi connectivity index (χ3v) is 3.14. The van der Waals surface area contributed by atoms with Gasteiger partial charge in [0.25, 0.3) is 0 Å². The van der Waals surface area contributed by atoms with E-state index in [9.17, 15) is 9.50 Å². The van der Waals surface area contributed by atoms with Gasteiger partial charge < -0.3 is 24.6 Å². The molecule has 5 nitrogen and oxygen atoms in total. The van der Waals surface area contributed by atoms with Gasteiger partial charge in [0.15, 0.2) is 11.6 Å². The zero-order valence-electron chi connectivity index (χ0n) is 15.0. The van der Waals surface area contributed by atoms with E-state index >= 15 is 0 Å². The average molecular weight is 343 g/mol. The highest BCUT2D eigenvalue weighted by Crippen LogP contribution is 2.19. The van der Waals surface area contributed by atoms with Crippen LogP contribution in [-0.2, 0) is 16.1 Å². The first kappa shape index (κ1) is 20.8. The fourth-order valence-electron chi connectivity index (χ4n) is 1.90. The third kappa shape index (κ3) is 9.17. The van der Waals surface area contributed by atoms with Crippen molar-refractivity contribution in [1.82, 2.24) is 5.32 Å². The Morgan fingerprint density at radius 3 is 2.54 bits per heavy atom. The molecule has 0 radical (unpaired) electrons. The summed E-state index contributed by atoms with van der Waals surface area (Å²) >= 11 is 0. The highest BCUT2D eigenvalue weighted by molar-refractivity contribution is 5.29. The smallest absolute Gasteiger partial charge is 0.165 e. The number of hydrogen-bond acceptors (Lipinski definition) is 5. The minimum absolute atomic E-state index is 0.0407. The van der Waals surface area contributed by atoms with Crippen molar-refractivity contribution in [2.75, 3.05) is 26.4 Å². The third-order valence-electron chi connectivity index (χ3n) is 3.14. The molecule has 0 aliphatic heterocycles. The average Bonchev–Trinajstić information content (AvgIpc) is 2.51. The molecule has 0 aliphatic rings. The number of rotatable bonds is 12. The van der Waals surface area contributed by atoms with E-state index in [0.717, 1.165) is 5.56 Å². The predicted octanol–water partition coefficient (Wildman–Crippen LogP) is 2.50. The highest BCUT2D eigenvalue weighted by Gasteiger charge is 2.09. The minimum atomic E-state index is -0.684. The van der Waals surface area contributed by atoms with Crippen molar-refractivity contribution in [1.29, 1.82) is 0 Å². The van der Waals surface area contributed by atoms with E-state index < -0.39 is 11.9 Å². The molecule has 2 N–H and O–H groups in total. The summed E-state index contributed by atoms with van der Waals surface area (Å²) in [5, 5.41) is 12.9. The zero-order chi connectivity index (χ0) is 17.9. The molecule has 0 amide bonds. The van der Waals surface area contributed by atoms with Crippen molar-refractivity contribution in [3.05, 3.63) is 29.6 Å². The molecule has 0 fully saturated rings. The molecule has 24 heavy (non-hydrogen) atoms. The number of benzene rings is 1. The molecule has 138 valence electrons. The Morgan fingerprint density at radius 2 is 1.92 bits per heavy atom. The van der Waals surface area contributed by atoms with Crippen molar-refractivity contribution < 1.29 is 23.7 Å². The van der Waals surface area contributed by atoms with E-state index in [1.54, 1.807) is 12.1 Å². The molecule has 0 spiro atoms. The van der Waals surface area contributed by atoms with Crippen LogP contribution in [0.25, 0.3) is 0 Å². The van der Waals surface area contributed by atoms with Crippen LogP contribution in [0.1, 0.15) is 33.3 Å². The van der Waals surface area contributed by atoms with Crippen molar-refractivity contribution in [3.8, 4) is 5.75 Å². The molecule has 0 heterocycles. The van der Waals surface area contributed by atoms with E-state index in [-0.39, 0.29) is 24.5 Å². The number of aliphatic hydroxyl groups excluding tert-OH is 1. The van der Waals surface area contributed by atoms with Crippen LogP contribution in [0, 0.1) is 5.82 Å². The second-order valence-electron chi connectivity index (χ2n) is 6.26. The number of aliphatic hydroxyl groups is 1. The molecule has 0 aliphatic carbocycles. The Morgan fingerprint density at radius 1 is 1.17 bits per heavy atom. The molecule has 1 unspecified atom stereocenters. The summed E-state index contributed by atoms with van der Waals surface area (Å²) in [6.45, 7) is 9.65. The van der Waals surface area contributed by atoms with Crippen LogP contribution in [0.4, 0.5) is 4.39 Å². The van der Waals surface area contributed by atoms with Crippen LogP contribution >= 0.6 is 0 Å². The number of nitrogens with one attached hydrogen (secondary N) is 1. The SMILES string of the molecule is CC(C)NCC(O)COc1ccc(COCCOC(C)C)cc1F. The predicted molar refractivity (Wildman–Crippen MR) is 91.8 cm³/mol. The largest absolute Gasteiger partial charge is 0.488 e. The van der Waals surface area contributed by atoms with Gasteiger partial charge in [-0.2, -0.15) is 0 Å². The number of hydrogen-bond donors (Lipinski definition) is 2. The second-order valence-corrected chi connectivity index (χ2v) is 6.26. The summed E-state index contributed by atoms with van der Waals surface area (Å²) in [6, 6.07) is 4.97. The van der Waals surface area contributed by atoms with Crippen LogP contribution in [0.5, 0.6) is 5.75 Å². The molecular weight excluding hydrogens is 313 g/mol. The summed E-state index contributed by atoms with van der Waals surface area (Å²) < 4.78 is 30.1. The standard InChI is InChI=1S/C18H30FNO4/c1-13(2)20-10-16(21)12-24-18-6-5-15(9-17(18)19)11-22-7-8-23-14(3)4/h5-6,9,13-14,16,20-21H,7-8,10-12H2,1-4H3. The number of halogens is 1. The Labute approximate surface area is 144 Å². The van der Waals surface area contributed by atoms with E-state index in [2.05, 4.69) is 5.32 Å². The van der Waals surface area contributed by atoms with Gasteiger partial charge in [0, 0.05) is 12.6 Å². The highest BCUT2D eigenvalue weighted by atomic mass is 19.1. The van der Waals surface area contributed by atoms with Crippen molar-refractivity contribution in [3.63, 3.8) is 0 Å². The summed E-state index contributed by atoms with van der Waals surface area (Å²) in [5.41, 5.74) is 0.728. The zero-order valence-corrected chi connectivity index (χ0v) is 15.0. The lowest BCUT2D eigenvalue weighted by Gasteiger charge is -2.15. The van der Waals surface area contributed by atoms with Crippen molar-refractivity contribution in [2.45, 2.75) is 52.6 Å². The van der Waals surface area contributed by atoms with E-state index in [1.165, 1.54) is 6.07 Å². The normalized spacial score (nSPS) is 12.8. The molecular formula is C18H30FNO4. The monoisotopic (exact) mass is 343 g/mol. The first-order chi connectivity index (χ1) is 11.4. The molecule has 1 rings (SSSR count). The fraction of sp³-hybridized carbons (Fsp3) is 0.667. The van der Waals surface area contributed by atoms with Crippen LogP contribution in [-0.4, -0.2) is 49.7 Å². The Kier molecular flexibility index (Phi) is 9.86. The first-order valence-electron chi connectivity index (χ1n) is 8.40. The Balaban J connectivity index is 2.33. The summed E-state index contributed by atoms with van der Waals surface area (Å²) in [5.74, 6) is -0.330. The van der Waals surface area contributed by atoms with Gasteiger partial charge in [0.05, 0.1) is 25.9 Å². The molecule has 1 atom stereocenters. The summed E-state index contributed by atoms with van der Waals surface area (Å²) in [6.07, 6.45) is -0.510. The maximum Gasteiger partial charge on any atom is 0.165 e. The molecule has 0 bridgehead atoms. The van der Waals surface area contributed by atoms with Crippen LogP contribution in [0.2, 0.25) is 0 Å². The van der Waals surface area contributed by atoms with E-state index in [4.69, 9.17) is 14.2 Å². The van der Waals surface area contributed by atoms with Crippen LogP contribution in [0.3, 0.4) is 0 Å². The van der Waals surface area contributed by atoms with Gasteiger partial charge in [-0.15, -0.1) is 0 Å². The topological polar surface area (TPSA) is 60.0 Å². The van der Waals surface area contributed by atoms with Crippen molar-refractivity contribution in [2.24, 2.45) is 0 Å². The van der Waals surface area contributed by atoms with Gasteiger partial charge in [0.1, 0.15) is 12.7 Å². The molecule has 6 heteroatoms. The second kappa shape index (κ2) is 11.4. The van der Waals surface area contributed by atoms with E-state index in [0.29, 0.717) is 26.4 Å². The first-order valence-corrected chi connectivity index (χ1v) is 8.40. The minimum Gasteiger partial charge on any atom is -0.488 e. The van der Waals surface area contributed by atoms with Crippen LogP contribution in [0.15, 0.2) is 18.2 Å². The summed E-state index contributed by atoms with van der Waals surface area (Å²) in [7, 11) is 0. The van der Waals surface area contributed by atoms with Gasteiger partial charge in [-0.25, -0.2) is 4.39 Å². The molecule has 0 saturated heterocycles. The molecule has 1 aromatic rings. The number of ether oxygens (including phenoxy) is 3. The lowest BCUT2D eigenvalue weighted by Crippen LogP contribution is -2.35. The van der Waals surface area contributed by atoms with Gasteiger partial charge in [-0.05, 0) is 31.5 Å². The molecule has 0 aromatic heterocycles. The maximum absolute atomic E-state index is 14.0.